The highest BCUT2D eigenvalue weighted by Crippen LogP contribution is 2.37. The molecule has 0 aliphatic carbocycles. The number of ketones is 1. The summed E-state index contributed by atoms with van der Waals surface area (Å²) in [5.74, 6) is -0.310. The summed E-state index contributed by atoms with van der Waals surface area (Å²) in [7, 11) is 0. The number of Topliss-reactive ketones (excluding diaryl/α,β-unsaturated/α-hetero) is 1. The molecule has 24 heavy (non-hydrogen) atoms. The third kappa shape index (κ3) is 4.03. The molecule has 2 aromatic carbocycles. The van der Waals surface area contributed by atoms with Crippen LogP contribution < -0.4 is 0 Å². The van der Waals surface area contributed by atoms with Crippen molar-refractivity contribution < 1.29 is 14.3 Å². The maximum atomic E-state index is 11.0. The number of carbonyl (C=O) groups is 1. The first-order valence-corrected chi connectivity index (χ1v) is 8.96. The fourth-order valence-electron chi connectivity index (χ4n) is 3.42. The Hall–Kier alpha value is -1.71. The van der Waals surface area contributed by atoms with Gasteiger partial charge in [-0.3, -0.25) is 0 Å². The number of ether oxygens (including phenoxy) is 2. The minimum Gasteiger partial charge on any atom is -0.343 e. The van der Waals surface area contributed by atoms with Crippen LogP contribution in [-0.4, -0.2) is 19.0 Å². The molecule has 2 aromatic rings. The third-order valence-electron chi connectivity index (χ3n) is 4.73. The van der Waals surface area contributed by atoms with Crippen molar-refractivity contribution in [1.29, 1.82) is 0 Å². The average Bonchev–Trinajstić information content (AvgIpc) is 3.07. The van der Waals surface area contributed by atoms with Crippen molar-refractivity contribution >= 4 is 16.6 Å². The monoisotopic (exact) mass is 326 g/mol. The fourth-order valence-corrected chi connectivity index (χ4v) is 3.42. The topological polar surface area (TPSA) is 35.5 Å². The van der Waals surface area contributed by atoms with Gasteiger partial charge in [0.05, 0.1) is 13.2 Å². The lowest BCUT2D eigenvalue weighted by molar-refractivity contribution is -0.171. The Balaban J connectivity index is 1.65. The van der Waals surface area contributed by atoms with Crippen molar-refractivity contribution in [3.8, 4) is 0 Å². The molecule has 3 nitrogen and oxygen atoms in total. The quantitative estimate of drug-likeness (QED) is 0.643. The molecule has 0 spiro atoms. The molecule has 0 atom stereocenters. The molecule has 1 aliphatic heterocycles. The first-order chi connectivity index (χ1) is 11.7. The van der Waals surface area contributed by atoms with Gasteiger partial charge in [-0.15, -0.1) is 0 Å². The Morgan fingerprint density at radius 1 is 0.958 bits per heavy atom. The van der Waals surface area contributed by atoms with Crippen molar-refractivity contribution in [2.75, 3.05) is 13.2 Å². The number of unbranched alkanes of at least 4 members (excludes halogenated alkanes) is 3. The first-order valence-electron chi connectivity index (χ1n) is 8.96. The van der Waals surface area contributed by atoms with Crippen LogP contribution in [0.1, 0.15) is 51.0 Å². The number of rotatable bonds is 8. The van der Waals surface area contributed by atoms with Gasteiger partial charge in [0.25, 0.3) is 0 Å². The number of hydrogen-bond donors (Lipinski definition) is 0. The molecule has 0 saturated carbocycles. The van der Waals surface area contributed by atoms with E-state index in [1.54, 1.807) is 6.92 Å². The normalized spacial score (nSPS) is 16.5. The largest absolute Gasteiger partial charge is 0.343 e. The molecule has 1 saturated heterocycles. The lowest BCUT2D eigenvalue weighted by Crippen LogP contribution is -2.27. The van der Waals surface area contributed by atoms with Crippen LogP contribution in [0.15, 0.2) is 42.5 Å². The standard InChI is InChI=1S/C21H26O3/c1-17(22)8-4-2-3-7-13-21(23-14-15-24-21)20-12-11-18-9-5-6-10-19(18)16-20/h5-6,9-12,16H,2-4,7-8,13-15H2,1H3. The summed E-state index contributed by atoms with van der Waals surface area (Å²) >= 11 is 0. The number of fused-ring (bicyclic) bond motifs is 1. The second-order valence-corrected chi connectivity index (χ2v) is 6.63. The highest BCUT2D eigenvalue weighted by molar-refractivity contribution is 5.83. The number of carbonyl (C=O) groups excluding carboxylic acids is 1. The minimum atomic E-state index is -0.593. The van der Waals surface area contributed by atoms with E-state index in [1.807, 2.05) is 0 Å². The number of hydrogen-bond acceptors (Lipinski definition) is 3. The van der Waals surface area contributed by atoms with E-state index in [4.69, 9.17) is 9.47 Å². The van der Waals surface area contributed by atoms with Crippen LogP contribution in [0.2, 0.25) is 0 Å². The zero-order valence-corrected chi connectivity index (χ0v) is 14.4. The molecule has 1 aliphatic rings. The highest BCUT2D eigenvalue weighted by atomic mass is 16.7. The zero-order valence-electron chi connectivity index (χ0n) is 14.4. The Morgan fingerprint density at radius 2 is 1.67 bits per heavy atom. The third-order valence-corrected chi connectivity index (χ3v) is 4.73. The van der Waals surface area contributed by atoms with Crippen LogP contribution >= 0.6 is 0 Å². The molecule has 1 fully saturated rings. The molecule has 0 bridgehead atoms. The summed E-state index contributed by atoms with van der Waals surface area (Å²) in [5, 5.41) is 2.45. The zero-order chi connectivity index (χ0) is 16.8. The maximum Gasteiger partial charge on any atom is 0.195 e. The van der Waals surface area contributed by atoms with Crippen molar-refractivity contribution in [2.45, 2.75) is 51.2 Å². The van der Waals surface area contributed by atoms with Crippen LogP contribution in [-0.2, 0) is 20.1 Å². The molecule has 128 valence electrons. The average molecular weight is 326 g/mol. The summed E-state index contributed by atoms with van der Waals surface area (Å²) < 4.78 is 12.1. The van der Waals surface area contributed by atoms with Gasteiger partial charge in [0, 0.05) is 18.4 Å². The number of benzene rings is 2. The Kier molecular flexibility index (Phi) is 5.64. The minimum absolute atomic E-state index is 0.282. The van der Waals surface area contributed by atoms with Gasteiger partial charge < -0.3 is 14.3 Å². The van der Waals surface area contributed by atoms with Gasteiger partial charge in [-0.05, 0) is 36.6 Å². The molecule has 0 radical (unpaired) electrons. The van der Waals surface area contributed by atoms with Gasteiger partial charge in [0.1, 0.15) is 5.78 Å². The van der Waals surface area contributed by atoms with Crippen LogP contribution in [0.5, 0.6) is 0 Å². The van der Waals surface area contributed by atoms with Crippen molar-refractivity contribution in [1.82, 2.24) is 0 Å². The predicted octanol–water partition coefficient (Wildman–Crippen LogP) is 4.97. The van der Waals surface area contributed by atoms with Crippen LogP contribution in [0.4, 0.5) is 0 Å². The Morgan fingerprint density at radius 3 is 2.42 bits per heavy atom. The van der Waals surface area contributed by atoms with Gasteiger partial charge in [0.15, 0.2) is 5.79 Å². The second kappa shape index (κ2) is 7.91. The summed E-state index contributed by atoms with van der Waals surface area (Å²) in [6, 6.07) is 14.8. The lowest BCUT2D eigenvalue weighted by Gasteiger charge is -2.28. The SMILES string of the molecule is CC(=O)CCCCCCC1(c2ccc3ccccc3c2)OCCO1. The molecule has 0 amide bonds. The Bertz CT molecular complexity index is 686. The van der Waals surface area contributed by atoms with Crippen LogP contribution in [0, 0.1) is 0 Å². The molecule has 0 aromatic heterocycles. The van der Waals surface area contributed by atoms with E-state index in [0.717, 1.165) is 37.7 Å². The smallest absolute Gasteiger partial charge is 0.195 e. The molecule has 3 rings (SSSR count). The summed E-state index contributed by atoms with van der Waals surface area (Å²) in [4.78, 5) is 11.0. The van der Waals surface area contributed by atoms with E-state index < -0.39 is 5.79 Å². The summed E-state index contributed by atoms with van der Waals surface area (Å²) in [6.07, 6.45) is 5.79. The Labute approximate surface area is 144 Å². The van der Waals surface area contributed by atoms with Crippen molar-refractivity contribution in [3.05, 3.63) is 48.0 Å². The van der Waals surface area contributed by atoms with E-state index in [2.05, 4.69) is 42.5 Å². The van der Waals surface area contributed by atoms with E-state index in [0.29, 0.717) is 19.6 Å². The molecule has 0 unspecified atom stereocenters. The van der Waals surface area contributed by atoms with Gasteiger partial charge in [-0.2, -0.15) is 0 Å². The predicted molar refractivity (Wildman–Crippen MR) is 95.9 cm³/mol. The fraction of sp³-hybridized carbons (Fsp3) is 0.476. The maximum absolute atomic E-state index is 11.0. The molecule has 3 heteroatoms. The molecule has 0 N–H and O–H groups in total. The summed E-state index contributed by atoms with van der Waals surface area (Å²) in [5.41, 5.74) is 1.11. The highest BCUT2D eigenvalue weighted by Gasteiger charge is 2.37. The van der Waals surface area contributed by atoms with Gasteiger partial charge >= 0.3 is 0 Å². The molecular formula is C21H26O3. The van der Waals surface area contributed by atoms with Gasteiger partial charge in [0.2, 0.25) is 0 Å². The molecule has 1 heterocycles. The van der Waals surface area contributed by atoms with E-state index in [-0.39, 0.29) is 5.78 Å². The van der Waals surface area contributed by atoms with Crippen LogP contribution in [0.3, 0.4) is 0 Å². The second-order valence-electron chi connectivity index (χ2n) is 6.63. The molecular weight excluding hydrogens is 300 g/mol. The lowest BCUT2D eigenvalue weighted by atomic mass is 9.96. The van der Waals surface area contributed by atoms with Crippen molar-refractivity contribution in [3.63, 3.8) is 0 Å². The van der Waals surface area contributed by atoms with Gasteiger partial charge in [-0.25, -0.2) is 0 Å². The van der Waals surface area contributed by atoms with Crippen LogP contribution in [0.25, 0.3) is 10.8 Å². The van der Waals surface area contributed by atoms with E-state index in [9.17, 15) is 4.79 Å². The van der Waals surface area contributed by atoms with Crippen molar-refractivity contribution in [2.24, 2.45) is 0 Å². The van der Waals surface area contributed by atoms with Gasteiger partial charge in [-0.1, -0.05) is 49.2 Å². The summed E-state index contributed by atoms with van der Waals surface area (Å²) in [6.45, 7) is 2.96. The van der Waals surface area contributed by atoms with E-state index >= 15 is 0 Å². The van der Waals surface area contributed by atoms with E-state index in [1.165, 1.54) is 10.8 Å². The first kappa shape index (κ1) is 17.1.